The molecule has 0 radical (unpaired) electrons. The smallest absolute Gasteiger partial charge is 0.354 e. The summed E-state index contributed by atoms with van der Waals surface area (Å²) in [5.41, 5.74) is -0.0454. The molecule has 112 valence electrons. The van der Waals surface area contributed by atoms with E-state index < -0.39 is 35.4 Å². The first-order valence-electron chi connectivity index (χ1n) is 6.29. The number of nitrogens with zero attached hydrogens (tertiary/aromatic N) is 2. The normalized spacial score (nSPS) is 24.6. The molecule has 1 aromatic carbocycles. The van der Waals surface area contributed by atoms with Crippen LogP contribution in [0, 0.1) is 23.4 Å². The van der Waals surface area contributed by atoms with Gasteiger partial charge in [0.2, 0.25) is 0 Å². The fourth-order valence-corrected chi connectivity index (χ4v) is 2.67. The van der Waals surface area contributed by atoms with Crippen molar-refractivity contribution in [2.45, 2.75) is 12.6 Å². The van der Waals surface area contributed by atoms with Crippen LogP contribution in [0.15, 0.2) is 17.3 Å². The van der Waals surface area contributed by atoms with Crippen molar-refractivity contribution >= 4 is 11.7 Å². The summed E-state index contributed by atoms with van der Waals surface area (Å²) in [7, 11) is 0. The van der Waals surface area contributed by atoms with Crippen LogP contribution >= 0.6 is 0 Å². The maximum absolute atomic E-state index is 13.6. The van der Waals surface area contributed by atoms with Gasteiger partial charge in [-0.15, -0.1) is 0 Å². The Hall–Kier alpha value is -2.09. The van der Waals surface area contributed by atoms with Crippen LogP contribution in [0.4, 0.5) is 13.2 Å². The Bertz CT molecular complexity index is 635. The molecule has 0 spiro atoms. The number of carboxylic acid groups (broad SMARTS) is 1. The summed E-state index contributed by atoms with van der Waals surface area (Å²) in [5, 5.41) is 12.5. The molecule has 3 rings (SSSR count). The van der Waals surface area contributed by atoms with Gasteiger partial charge in [-0.05, 0) is 6.07 Å². The third-order valence-corrected chi connectivity index (χ3v) is 3.71. The summed E-state index contributed by atoms with van der Waals surface area (Å²) >= 11 is 0. The molecule has 0 amide bonds. The molecule has 2 aliphatic rings. The molecule has 1 saturated heterocycles. The van der Waals surface area contributed by atoms with Crippen LogP contribution in [-0.2, 0) is 16.2 Å². The standard InChI is InChI=1S/C13H11F3N2O3/c14-8-2-1-6(10(15)11(8)16)3-18-4-7-9(5-18)21-17-12(7)13(19)20/h1-2,7,9H,3-5H2,(H,19,20). The number of halogens is 3. The van der Waals surface area contributed by atoms with Gasteiger partial charge in [-0.2, -0.15) is 0 Å². The van der Waals surface area contributed by atoms with Crippen molar-refractivity contribution in [1.82, 2.24) is 4.90 Å². The van der Waals surface area contributed by atoms with Crippen molar-refractivity contribution in [3.05, 3.63) is 35.1 Å². The van der Waals surface area contributed by atoms with E-state index >= 15 is 0 Å². The largest absolute Gasteiger partial charge is 0.477 e. The van der Waals surface area contributed by atoms with E-state index in [0.29, 0.717) is 13.1 Å². The van der Waals surface area contributed by atoms with Gasteiger partial charge in [0.05, 0.1) is 5.92 Å². The van der Waals surface area contributed by atoms with Gasteiger partial charge in [0.1, 0.15) is 6.10 Å². The van der Waals surface area contributed by atoms with Crippen LogP contribution in [0.1, 0.15) is 5.56 Å². The van der Waals surface area contributed by atoms with Gasteiger partial charge in [-0.25, -0.2) is 18.0 Å². The molecule has 2 aliphatic heterocycles. The highest BCUT2D eigenvalue weighted by atomic mass is 19.2. The minimum atomic E-state index is -1.50. The number of fused-ring (bicyclic) bond motifs is 1. The number of carbonyl (C=O) groups is 1. The van der Waals surface area contributed by atoms with E-state index in [-0.39, 0.29) is 17.8 Å². The topological polar surface area (TPSA) is 62.1 Å². The van der Waals surface area contributed by atoms with E-state index in [9.17, 15) is 18.0 Å². The van der Waals surface area contributed by atoms with Gasteiger partial charge in [-0.1, -0.05) is 11.2 Å². The Morgan fingerprint density at radius 2 is 2.10 bits per heavy atom. The second-order valence-corrected chi connectivity index (χ2v) is 5.06. The zero-order chi connectivity index (χ0) is 15.1. The number of aliphatic carboxylic acids is 1. The van der Waals surface area contributed by atoms with Gasteiger partial charge in [0.15, 0.2) is 23.2 Å². The van der Waals surface area contributed by atoms with E-state index in [0.717, 1.165) is 6.07 Å². The van der Waals surface area contributed by atoms with Crippen LogP contribution in [-0.4, -0.2) is 40.9 Å². The molecule has 5 nitrogen and oxygen atoms in total. The van der Waals surface area contributed by atoms with Gasteiger partial charge in [-0.3, -0.25) is 4.90 Å². The molecule has 0 aliphatic carbocycles. The second kappa shape index (κ2) is 5.03. The molecule has 8 heteroatoms. The number of oxime groups is 1. The minimum Gasteiger partial charge on any atom is -0.477 e. The summed E-state index contributed by atoms with van der Waals surface area (Å²) in [6, 6.07) is 2.04. The summed E-state index contributed by atoms with van der Waals surface area (Å²) in [6.07, 6.45) is -0.399. The first kappa shape index (κ1) is 13.9. The Morgan fingerprint density at radius 3 is 2.81 bits per heavy atom. The quantitative estimate of drug-likeness (QED) is 0.857. The average molecular weight is 300 g/mol. The van der Waals surface area contributed by atoms with Gasteiger partial charge in [0, 0.05) is 25.2 Å². The lowest BCUT2D eigenvalue weighted by Crippen LogP contribution is -2.27. The molecule has 2 atom stereocenters. The number of rotatable bonds is 3. The molecule has 0 aromatic heterocycles. The highest BCUT2D eigenvalue weighted by Crippen LogP contribution is 2.29. The van der Waals surface area contributed by atoms with Crippen LogP contribution < -0.4 is 0 Å². The van der Waals surface area contributed by atoms with Gasteiger partial charge >= 0.3 is 5.97 Å². The van der Waals surface area contributed by atoms with Crippen LogP contribution in [0.5, 0.6) is 0 Å². The molecule has 0 bridgehead atoms. The van der Waals surface area contributed by atoms with E-state index in [1.54, 1.807) is 4.90 Å². The summed E-state index contributed by atoms with van der Waals surface area (Å²) in [6.45, 7) is 0.712. The van der Waals surface area contributed by atoms with E-state index in [2.05, 4.69) is 5.16 Å². The fraction of sp³-hybridized carbons (Fsp3) is 0.385. The molecule has 21 heavy (non-hydrogen) atoms. The van der Waals surface area contributed by atoms with Crippen molar-refractivity contribution in [3.63, 3.8) is 0 Å². The summed E-state index contributed by atoms with van der Waals surface area (Å²) in [4.78, 5) is 17.7. The molecule has 1 aromatic rings. The number of carboxylic acids is 1. The van der Waals surface area contributed by atoms with Crippen LogP contribution in [0.25, 0.3) is 0 Å². The number of likely N-dealkylation sites (tertiary alicyclic amines) is 1. The van der Waals surface area contributed by atoms with Crippen molar-refractivity contribution in [2.75, 3.05) is 13.1 Å². The van der Waals surface area contributed by atoms with Crippen molar-refractivity contribution in [3.8, 4) is 0 Å². The van der Waals surface area contributed by atoms with Gasteiger partial charge in [0.25, 0.3) is 0 Å². The fourth-order valence-electron chi connectivity index (χ4n) is 2.67. The summed E-state index contributed by atoms with van der Waals surface area (Å²) < 4.78 is 39.7. The molecule has 0 saturated carbocycles. The van der Waals surface area contributed by atoms with Gasteiger partial charge < -0.3 is 9.94 Å². The minimum absolute atomic E-state index is 0.0164. The Labute approximate surface area is 117 Å². The highest BCUT2D eigenvalue weighted by molar-refractivity contribution is 6.36. The van der Waals surface area contributed by atoms with Crippen LogP contribution in [0.2, 0.25) is 0 Å². The third kappa shape index (κ3) is 2.35. The Morgan fingerprint density at radius 1 is 1.33 bits per heavy atom. The summed E-state index contributed by atoms with van der Waals surface area (Å²) in [5.74, 6) is -5.51. The second-order valence-electron chi connectivity index (χ2n) is 5.06. The number of hydrogen-bond acceptors (Lipinski definition) is 4. The van der Waals surface area contributed by atoms with Crippen molar-refractivity contribution in [2.24, 2.45) is 11.1 Å². The monoisotopic (exact) mass is 300 g/mol. The molecule has 1 N–H and O–H groups in total. The van der Waals surface area contributed by atoms with E-state index in [1.807, 2.05) is 0 Å². The maximum atomic E-state index is 13.6. The lowest BCUT2D eigenvalue weighted by Gasteiger charge is -2.16. The highest BCUT2D eigenvalue weighted by Gasteiger charge is 2.44. The third-order valence-electron chi connectivity index (χ3n) is 3.71. The van der Waals surface area contributed by atoms with Crippen molar-refractivity contribution < 1.29 is 27.9 Å². The predicted molar refractivity (Wildman–Crippen MR) is 65.0 cm³/mol. The van der Waals surface area contributed by atoms with E-state index in [4.69, 9.17) is 9.94 Å². The molecular formula is C13H11F3N2O3. The SMILES string of the molecule is O=C(O)C1=NOC2CN(Cc3ccc(F)c(F)c3F)CC12. The molecular weight excluding hydrogens is 289 g/mol. The average Bonchev–Trinajstić information content (AvgIpc) is 2.98. The molecule has 2 unspecified atom stereocenters. The first-order chi connectivity index (χ1) is 9.97. The predicted octanol–water partition coefficient (Wildman–Crippen LogP) is 1.38. The van der Waals surface area contributed by atoms with Crippen LogP contribution in [0.3, 0.4) is 0 Å². The van der Waals surface area contributed by atoms with Crippen molar-refractivity contribution in [1.29, 1.82) is 0 Å². The number of hydrogen-bond donors (Lipinski definition) is 1. The molecule has 2 heterocycles. The molecule has 1 fully saturated rings. The Balaban J connectivity index is 1.73. The first-order valence-corrected chi connectivity index (χ1v) is 6.29. The Kier molecular flexibility index (Phi) is 3.32. The lowest BCUT2D eigenvalue weighted by atomic mass is 10.0. The number of benzene rings is 1. The maximum Gasteiger partial charge on any atom is 0.354 e. The van der Waals surface area contributed by atoms with E-state index in [1.165, 1.54) is 6.07 Å². The zero-order valence-corrected chi connectivity index (χ0v) is 10.7. The zero-order valence-electron chi connectivity index (χ0n) is 10.7. The lowest BCUT2D eigenvalue weighted by molar-refractivity contribution is -0.129.